The van der Waals surface area contributed by atoms with E-state index in [1.807, 2.05) is 18.2 Å². The predicted molar refractivity (Wildman–Crippen MR) is 117 cm³/mol. The zero-order valence-corrected chi connectivity index (χ0v) is 18.0. The first-order valence-electron chi connectivity index (χ1n) is 9.44. The molecule has 1 aliphatic heterocycles. The van der Waals surface area contributed by atoms with E-state index in [1.165, 1.54) is 12.1 Å². The molecule has 0 aliphatic carbocycles. The standard InChI is InChI=1S/C21H26FN3O2.2ClH/c1-15(16-5-4-9-23-13-16)11-21(26)25-17-7-8-20(19(22)12-17)27-14-18-6-2-3-10-24-18;;/h2-3,6-8,10,12,15-16,23H,4-5,9,11,13-14H2,1H3,(H,25,26);2*1H. The molecule has 2 unspecified atom stereocenters. The highest BCUT2D eigenvalue weighted by molar-refractivity contribution is 5.90. The maximum absolute atomic E-state index is 14.3. The number of anilines is 1. The molecule has 2 aromatic rings. The number of benzene rings is 1. The Morgan fingerprint density at radius 1 is 1.34 bits per heavy atom. The first-order valence-corrected chi connectivity index (χ1v) is 9.44. The number of hydrogen-bond acceptors (Lipinski definition) is 4. The number of hydrogen-bond donors (Lipinski definition) is 2. The number of ether oxygens (including phenoxy) is 1. The SMILES string of the molecule is CC(CC(=O)Nc1ccc(OCc2ccccn2)c(F)c1)C1CCCNC1.Cl.Cl. The van der Waals surface area contributed by atoms with Gasteiger partial charge in [0.25, 0.3) is 0 Å². The van der Waals surface area contributed by atoms with Crippen molar-refractivity contribution >= 4 is 36.4 Å². The summed E-state index contributed by atoms with van der Waals surface area (Å²) in [4.78, 5) is 16.4. The lowest BCUT2D eigenvalue weighted by molar-refractivity contribution is -0.117. The second-order valence-electron chi connectivity index (χ2n) is 7.09. The van der Waals surface area contributed by atoms with Gasteiger partial charge in [-0.3, -0.25) is 9.78 Å². The number of rotatable bonds is 7. The van der Waals surface area contributed by atoms with E-state index in [-0.39, 0.29) is 43.1 Å². The number of amides is 1. The molecule has 0 saturated carbocycles. The lowest BCUT2D eigenvalue weighted by Gasteiger charge is -2.28. The van der Waals surface area contributed by atoms with Gasteiger partial charge in [0.05, 0.1) is 5.69 Å². The monoisotopic (exact) mass is 443 g/mol. The van der Waals surface area contributed by atoms with Gasteiger partial charge < -0.3 is 15.4 Å². The quantitative estimate of drug-likeness (QED) is 0.655. The van der Waals surface area contributed by atoms with Crippen LogP contribution in [0.4, 0.5) is 10.1 Å². The van der Waals surface area contributed by atoms with Gasteiger partial charge in [-0.25, -0.2) is 4.39 Å². The summed E-state index contributed by atoms with van der Waals surface area (Å²) in [5.74, 6) is 0.357. The van der Waals surface area contributed by atoms with Crippen LogP contribution in [0.5, 0.6) is 5.75 Å². The smallest absolute Gasteiger partial charge is 0.224 e. The minimum absolute atomic E-state index is 0. The summed E-state index contributed by atoms with van der Waals surface area (Å²) in [6, 6.07) is 9.95. The Morgan fingerprint density at radius 2 is 2.17 bits per heavy atom. The third-order valence-electron chi connectivity index (χ3n) is 4.96. The Kier molecular flexibility index (Phi) is 10.9. The molecule has 1 aromatic carbocycles. The lowest BCUT2D eigenvalue weighted by Crippen LogP contribution is -2.34. The molecular weight excluding hydrogens is 416 g/mol. The van der Waals surface area contributed by atoms with Gasteiger partial charge >= 0.3 is 0 Å². The highest BCUT2D eigenvalue weighted by Crippen LogP contribution is 2.25. The van der Waals surface area contributed by atoms with E-state index in [2.05, 4.69) is 22.5 Å². The van der Waals surface area contributed by atoms with Gasteiger partial charge in [-0.15, -0.1) is 24.8 Å². The van der Waals surface area contributed by atoms with Crippen molar-refractivity contribution in [2.45, 2.75) is 32.8 Å². The average Bonchev–Trinajstić information content (AvgIpc) is 2.68. The zero-order valence-electron chi connectivity index (χ0n) is 16.4. The predicted octanol–water partition coefficient (Wildman–Crippen LogP) is 4.61. The fourth-order valence-electron chi connectivity index (χ4n) is 3.37. The van der Waals surface area contributed by atoms with Crippen LogP contribution < -0.4 is 15.4 Å². The number of nitrogens with zero attached hydrogens (tertiary/aromatic N) is 1. The Balaban J connectivity index is 0.00000210. The summed E-state index contributed by atoms with van der Waals surface area (Å²) in [7, 11) is 0. The molecular formula is C21H28Cl2FN3O2. The Bertz CT molecular complexity index is 759. The highest BCUT2D eigenvalue weighted by Gasteiger charge is 2.22. The van der Waals surface area contributed by atoms with E-state index in [4.69, 9.17) is 4.74 Å². The number of carbonyl (C=O) groups excluding carboxylic acids is 1. The second-order valence-corrected chi connectivity index (χ2v) is 7.09. The molecule has 1 aliphatic rings. The average molecular weight is 444 g/mol. The van der Waals surface area contributed by atoms with E-state index >= 15 is 0 Å². The third kappa shape index (κ3) is 7.80. The van der Waals surface area contributed by atoms with Gasteiger partial charge in [-0.1, -0.05) is 13.0 Å². The largest absolute Gasteiger partial charge is 0.484 e. The van der Waals surface area contributed by atoms with Crippen molar-refractivity contribution in [3.8, 4) is 5.75 Å². The lowest BCUT2D eigenvalue weighted by atomic mass is 9.85. The van der Waals surface area contributed by atoms with Gasteiger partial charge in [0, 0.05) is 24.4 Å². The van der Waals surface area contributed by atoms with Crippen LogP contribution in [-0.2, 0) is 11.4 Å². The van der Waals surface area contributed by atoms with Gasteiger partial charge in [0.15, 0.2) is 11.6 Å². The molecule has 0 spiro atoms. The van der Waals surface area contributed by atoms with E-state index < -0.39 is 5.82 Å². The van der Waals surface area contributed by atoms with Crippen LogP contribution in [0.2, 0.25) is 0 Å². The van der Waals surface area contributed by atoms with Crippen molar-refractivity contribution in [2.75, 3.05) is 18.4 Å². The Labute approximate surface area is 183 Å². The minimum Gasteiger partial charge on any atom is -0.484 e. The fourth-order valence-corrected chi connectivity index (χ4v) is 3.37. The first kappa shape index (κ1) is 25.1. The summed E-state index contributed by atoms with van der Waals surface area (Å²) < 4.78 is 19.7. The summed E-state index contributed by atoms with van der Waals surface area (Å²) in [6.45, 7) is 4.32. The summed E-state index contributed by atoms with van der Waals surface area (Å²) in [5.41, 5.74) is 1.16. The topological polar surface area (TPSA) is 63.2 Å². The number of carbonyl (C=O) groups is 1. The third-order valence-corrected chi connectivity index (χ3v) is 4.96. The van der Waals surface area contributed by atoms with Crippen LogP contribution in [-0.4, -0.2) is 24.0 Å². The molecule has 29 heavy (non-hydrogen) atoms. The van der Waals surface area contributed by atoms with E-state index in [9.17, 15) is 9.18 Å². The summed E-state index contributed by atoms with van der Waals surface area (Å²) in [5, 5.41) is 6.16. The molecule has 160 valence electrons. The second kappa shape index (κ2) is 12.6. The fraction of sp³-hybridized carbons (Fsp3) is 0.429. The van der Waals surface area contributed by atoms with Crippen molar-refractivity contribution < 1.29 is 13.9 Å². The van der Waals surface area contributed by atoms with Crippen molar-refractivity contribution in [3.63, 3.8) is 0 Å². The van der Waals surface area contributed by atoms with Gasteiger partial charge in [0.1, 0.15) is 6.61 Å². The maximum atomic E-state index is 14.3. The van der Waals surface area contributed by atoms with E-state index in [1.54, 1.807) is 12.3 Å². The molecule has 1 amide bonds. The Morgan fingerprint density at radius 3 is 2.83 bits per heavy atom. The van der Waals surface area contributed by atoms with Crippen molar-refractivity contribution in [3.05, 3.63) is 54.1 Å². The van der Waals surface area contributed by atoms with E-state index in [0.717, 1.165) is 31.6 Å². The molecule has 8 heteroatoms. The van der Waals surface area contributed by atoms with Crippen LogP contribution in [0.1, 0.15) is 31.9 Å². The van der Waals surface area contributed by atoms with Crippen LogP contribution in [0.25, 0.3) is 0 Å². The van der Waals surface area contributed by atoms with Gasteiger partial charge in [-0.2, -0.15) is 0 Å². The van der Waals surface area contributed by atoms with Crippen LogP contribution >= 0.6 is 24.8 Å². The van der Waals surface area contributed by atoms with Gasteiger partial charge in [0.2, 0.25) is 5.91 Å². The van der Waals surface area contributed by atoms with E-state index in [0.29, 0.717) is 23.9 Å². The zero-order chi connectivity index (χ0) is 19.1. The van der Waals surface area contributed by atoms with Crippen molar-refractivity contribution in [2.24, 2.45) is 11.8 Å². The normalized spacial score (nSPS) is 16.7. The molecule has 5 nitrogen and oxygen atoms in total. The molecule has 2 heterocycles. The Hall–Kier alpha value is -1.89. The first-order chi connectivity index (χ1) is 13.1. The highest BCUT2D eigenvalue weighted by atomic mass is 35.5. The van der Waals surface area contributed by atoms with Crippen LogP contribution in [0, 0.1) is 17.7 Å². The van der Waals surface area contributed by atoms with Crippen molar-refractivity contribution in [1.82, 2.24) is 10.3 Å². The molecule has 2 N–H and O–H groups in total. The molecule has 1 fully saturated rings. The number of halogens is 3. The molecule has 1 saturated heterocycles. The minimum atomic E-state index is -0.506. The molecule has 0 radical (unpaired) electrons. The summed E-state index contributed by atoms with van der Waals surface area (Å²) >= 11 is 0. The number of pyridine rings is 1. The molecule has 1 aromatic heterocycles. The number of aromatic nitrogens is 1. The maximum Gasteiger partial charge on any atom is 0.224 e. The summed E-state index contributed by atoms with van der Waals surface area (Å²) in [6.07, 6.45) is 4.41. The van der Waals surface area contributed by atoms with Crippen molar-refractivity contribution in [1.29, 1.82) is 0 Å². The molecule has 3 rings (SSSR count). The van der Waals surface area contributed by atoms with Crippen LogP contribution in [0.15, 0.2) is 42.6 Å². The molecule has 2 atom stereocenters. The molecule has 0 bridgehead atoms. The number of piperidine rings is 1. The number of nitrogens with one attached hydrogen (secondary N) is 2. The van der Waals surface area contributed by atoms with Gasteiger partial charge in [-0.05, 0) is 62.0 Å². The van der Waals surface area contributed by atoms with Crippen LogP contribution in [0.3, 0.4) is 0 Å².